The van der Waals surface area contributed by atoms with Crippen molar-refractivity contribution in [2.75, 3.05) is 32.9 Å². The largest absolute Gasteiger partial charge is 0.381 e. The molecule has 2 fully saturated rings. The Morgan fingerprint density at radius 2 is 2.14 bits per heavy atom. The number of benzene rings is 1. The van der Waals surface area contributed by atoms with Gasteiger partial charge in [0.25, 0.3) is 5.91 Å². The van der Waals surface area contributed by atoms with Crippen molar-refractivity contribution in [3.63, 3.8) is 0 Å². The van der Waals surface area contributed by atoms with Crippen molar-refractivity contribution in [2.24, 2.45) is 0 Å². The van der Waals surface area contributed by atoms with Crippen molar-refractivity contribution in [3.8, 4) is 0 Å². The smallest absolute Gasteiger partial charge is 0.256 e. The molecule has 3 heterocycles. The van der Waals surface area contributed by atoms with E-state index in [1.54, 1.807) is 6.20 Å². The van der Waals surface area contributed by atoms with Crippen molar-refractivity contribution in [1.82, 2.24) is 15.1 Å². The zero-order chi connectivity index (χ0) is 15.0. The summed E-state index contributed by atoms with van der Waals surface area (Å²) < 4.78 is 11.4. The van der Waals surface area contributed by atoms with Crippen LogP contribution in [0.3, 0.4) is 0 Å². The number of amides is 1. The summed E-state index contributed by atoms with van der Waals surface area (Å²) in [6.07, 6.45) is 3.45. The third kappa shape index (κ3) is 2.28. The van der Waals surface area contributed by atoms with Gasteiger partial charge in [0.05, 0.1) is 36.0 Å². The Kier molecular flexibility index (Phi) is 3.35. The Balaban J connectivity index is 1.61. The maximum absolute atomic E-state index is 12.9. The van der Waals surface area contributed by atoms with Gasteiger partial charge in [0, 0.05) is 38.0 Å². The standard InChI is InChI=1S/C16H19N3O3/c20-15(13-3-1-2-12-10-17-18-14(12)13)19-6-9-22-16(11-19)4-7-21-8-5-16/h1-3,10H,4-9,11H2,(H,17,18). The average Bonchev–Trinajstić information content (AvgIpc) is 3.03. The number of hydrogen-bond acceptors (Lipinski definition) is 4. The van der Waals surface area contributed by atoms with Crippen molar-refractivity contribution in [3.05, 3.63) is 30.0 Å². The van der Waals surface area contributed by atoms with Crippen molar-refractivity contribution in [1.29, 1.82) is 0 Å². The number of carbonyl (C=O) groups excluding carboxylic acids is 1. The number of aromatic amines is 1. The summed E-state index contributed by atoms with van der Waals surface area (Å²) in [6.45, 7) is 3.27. The SMILES string of the molecule is O=C(c1cccc2cn[nH]c12)N1CCOC2(CCOCC2)C1. The highest BCUT2D eigenvalue weighted by atomic mass is 16.5. The zero-order valence-electron chi connectivity index (χ0n) is 12.4. The van der Waals surface area contributed by atoms with Gasteiger partial charge in [0.2, 0.25) is 0 Å². The van der Waals surface area contributed by atoms with Crippen LogP contribution in [0.2, 0.25) is 0 Å². The maximum Gasteiger partial charge on any atom is 0.256 e. The molecule has 0 aliphatic carbocycles. The maximum atomic E-state index is 12.9. The van der Waals surface area contributed by atoms with Crippen LogP contribution in [0.4, 0.5) is 0 Å². The second-order valence-electron chi connectivity index (χ2n) is 6.01. The third-order valence-electron chi connectivity index (χ3n) is 4.65. The molecule has 22 heavy (non-hydrogen) atoms. The summed E-state index contributed by atoms with van der Waals surface area (Å²) in [6, 6.07) is 5.71. The molecule has 1 N–H and O–H groups in total. The van der Waals surface area contributed by atoms with E-state index < -0.39 is 0 Å². The van der Waals surface area contributed by atoms with Gasteiger partial charge in [-0.3, -0.25) is 9.89 Å². The van der Waals surface area contributed by atoms with Gasteiger partial charge < -0.3 is 14.4 Å². The van der Waals surface area contributed by atoms with E-state index in [4.69, 9.17) is 9.47 Å². The fraction of sp³-hybridized carbons (Fsp3) is 0.500. The number of hydrogen-bond donors (Lipinski definition) is 1. The highest BCUT2D eigenvalue weighted by Gasteiger charge is 2.40. The number of H-pyrrole nitrogens is 1. The lowest BCUT2D eigenvalue weighted by Gasteiger charge is -2.44. The number of nitrogens with zero attached hydrogens (tertiary/aromatic N) is 2. The van der Waals surface area contributed by atoms with Crippen LogP contribution in [0.5, 0.6) is 0 Å². The zero-order valence-corrected chi connectivity index (χ0v) is 12.4. The minimum atomic E-state index is -0.228. The molecule has 0 atom stereocenters. The van der Waals surface area contributed by atoms with E-state index >= 15 is 0 Å². The minimum absolute atomic E-state index is 0.0454. The van der Waals surface area contributed by atoms with Crippen LogP contribution in [0, 0.1) is 0 Å². The first-order chi connectivity index (χ1) is 10.8. The summed E-state index contributed by atoms with van der Waals surface area (Å²) in [5.41, 5.74) is 1.26. The van der Waals surface area contributed by atoms with Gasteiger partial charge in [-0.05, 0) is 6.07 Å². The van der Waals surface area contributed by atoms with Crippen LogP contribution in [0.15, 0.2) is 24.4 Å². The lowest BCUT2D eigenvalue weighted by atomic mass is 9.92. The Hall–Kier alpha value is -1.92. The molecule has 6 heteroatoms. The number of aromatic nitrogens is 2. The molecule has 1 spiro atoms. The Bertz CT molecular complexity index is 685. The first-order valence-corrected chi connectivity index (χ1v) is 7.71. The molecule has 2 aromatic rings. The van der Waals surface area contributed by atoms with Crippen molar-refractivity contribution in [2.45, 2.75) is 18.4 Å². The molecule has 0 saturated carbocycles. The van der Waals surface area contributed by atoms with E-state index in [1.807, 2.05) is 23.1 Å². The van der Waals surface area contributed by atoms with Crippen LogP contribution in [0.25, 0.3) is 10.9 Å². The molecule has 1 aromatic carbocycles. The second-order valence-corrected chi connectivity index (χ2v) is 6.01. The topological polar surface area (TPSA) is 67.5 Å². The number of rotatable bonds is 1. The normalized spacial score (nSPS) is 21.4. The van der Waals surface area contributed by atoms with Crippen molar-refractivity contribution < 1.29 is 14.3 Å². The molecule has 1 aromatic heterocycles. The number of carbonyl (C=O) groups is 1. The number of fused-ring (bicyclic) bond motifs is 1. The number of morpholine rings is 1. The molecule has 0 radical (unpaired) electrons. The van der Waals surface area contributed by atoms with E-state index in [1.165, 1.54) is 0 Å². The minimum Gasteiger partial charge on any atom is -0.381 e. The summed E-state index contributed by atoms with van der Waals surface area (Å²) in [5, 5.41) is 7.92. The molecule has 2 saturated heterocycles. The molecule has 2 aliphatic heterocycles. The van der Waals surface area contributed by atoms with E-state index in [0.717, 1.165) is 23.7 Å². The molecule has 4 rings (SSSR count). The first kappa shape index (κ1) is 13.7. The van der Waals surface area contributed by atoms with Crippen LogP contribution >= 0.6 is 0 Å². The summed E-state index contributed by atoms with van der Waals surface area (Å²) in [5.74, 6) is 0.0454. The molecule has 0 unspecified atom stereocenters. The van der Waals surface area contributed by atoms with Gasteiger partial charge in [-0.1, -0.05) is 12.1 Å². The highest BCUT2D eigenvalue weighted by Crippen LogP contribution is 2.30. The fourth-order valence-corrected chi connectivity index (χ4v) is 3.38. The average molecular weight is 301 g/mol. The Morgan fingerprint density at radius 1 is 1.27 bits per heavy atom. The molecule has 1 amide bonds. The predicted molar refractivity (Wildman–Crippen MR) is 80.7 cm³/mol. The molecule has 6 nitrogen and oxygen atoms in total. The summed E-state index contributed by atoms with van der Waals surface area (Å²) in [4.78, 5) is 14.8. The predicted octanol–water partition coefficient (Wildman–Crippen LogP) is 1.58. The van der Waals surface area contributed by atoms with Gasteiger partial charge in [0.15, 0.2) is 0 Å². The van der Waals surface area contributed by atoms with Crippen LogP contribution in [-0.2, 0) is 9.47 Å². The molecular weight excluding hydrogens is 282 g/mol. The lowest BCUT2D eigenvalue weighted by Crippen LogP contribution is -2.55. The van der Waals surface area contributed by atoms with Gasteiger partial charge in [-0.25, -0.2) is 0 Å². The summed E-state index contributed by atoms with van der Waals surface area (Å²) in [7, 11) is 0. The van der Waals surface area contributed by atoms with E-state index in [-0.39, 0.29) is 11.5 Å². The highest BCUT2D eigenvalue weighted by molar-refractivity contribution is 6.05. The van der Waals surface area contributed by atoms with E-state index in [9.17, 15) is 4.79 Å². The monoisotopic (exact) mass is 301 g/mol. The molecule has 2 aliphatic rings. The number of ether oxygens (including phenoxy) is 2. The van der Waals surface area contributed by atoms with Crippen LogP contribution < -0.4 is 0 Å². The van der Waals surface area contributed by atoms with Gasteiger partial charge in [-0.15, -0.1) is 0 Å². The third-order valence-corrected chi connectivity index (χ3v) is 4.65. The molecular formula is C16H19N3O3. The second kappa shape index (κ2) is 5.37. The lowest BCUT2D eigenvalue weighted by molar-refractivity contribution is -0.146. The Morgan fingerprint density at radius 3 is 3.00 bits per heavy atom. The van der Waals surface area contributed by atoms with E-state index in [2.05, 4.69) is 10.2 Å². The van der Waals surface area contributed by atoms with Crippen LogP contribution in [-0.4, -0.2) is 59.5 Å². The number of para-hydroxylation sites is 1. The number of nitrogens with one attached hydrogen (secondary N) is 1. The van der Waals surface area contributed by atoms with E-state index in [0.29, 0.717) is 38.5 Å². The first-order valence-electron chi connectivity index (χ1n) is 7.71. The quantitative estimate of drug-likeness (QED) is 0.868. The summed E-state index contributed by atoms with van der Waals surface area (Å²) >= 11 is 0. The van der Waals surface area contributed by atoms with Gasteiger partial charge >= 0.3 is 0 Å². The molecule has 0 bridgehead atoms. The van der Waals surface area contributed by atoms with Gasteiger partial charge in [0.1, 0.15) is 0 Å². The molecule has 116 valence electrons. The van der Waals surface area contributed by atoms with Gasteiger partial charge in [-0.2, -0.15) is 5.10 Å². The van der Waals surface area contributed by atoms with Crippen molar-refractivity contribution >= 4 is 16.8 Å². The van der Waals surface area contributed by atoms with Crippen LogP contribution in [0.1, 0.15) is 23.2 Å². The Labute approximate surface area is 128 Å². The fourth-order valence-electron chi connectivity index (χ4n) is 3.38.